The van der Waals surface area contributed by atoms with E-state index in [4.69, 9.17) is 9.47 Å². The van der Waals surface area contributed by atoms with Gasteiger partial charge in [0.05, 0.1) is 32.9 Å². The van der Waals surface area contributed by atoms with Gasteiger partial charge in [0.2, 0.25) is 0 Å². The van der Waals surface area contributed by atoms with Crippen LogP contribution < -0.4 is 14.4 Å². The van der Waals surface area contributed by atoms with Gasteiger partial charge < -0.3 is 19.5 Å². The summed E-state index contributed by atoms with van der Waals surface area (Å²) in [6.45, 7) is 0.208. The molecule has 1 atom stereocenters. The summed E-state index contributed by atoms with van der Waals surface area (Å²) in [6.07, 6.45) is 2.63. The fourth-order valence-electron chi connectivity index (χ4n) is 3.86. The number of benzene rings is 2. The summed E-state index contributed by atoms with van der Waals surface area (Å²) in [5.41, 5.74) is 0.185. The maximum absolute atomic E-state index is 13.4. The molecule has 1 aliphatic heterocycles. The van der Waals surface area contributed by atoms with Gasteiger partial charge in [0.15, 0.2) is 22.9 Å². The van der Waals surface area contributed by atoms with Crippen molar-refractivity contribution in [1.82, 2.24) is 4.98 Å². The summed E-state index contributed by atoms with van der Waals surface area (Å²) in [5.74, 6) is 0.229. The number of carbonyl (C=O) groups excluding carboxylic acids is 2. The van der Waals surface area contributed by atoms with E-state index in [1.807, 2.05) is 6.07 Å². The van der Waals surface area contributed by atoms with Crippen LogP contribution >= 0.6 is 0 Å². The Balaban J connectivity index is 1.67. The molecule has 1 N–H and O–H groups in total. The maximum atomic E-state index is 13.4. The minimum atomic E-state index is -1.94. The van der Waals surface area contributed by atoms with E-state index in [2.05, 4.69) is 4.98 Å². The first-order chi connectivity index (χ1) is 15.0. The average Bonchev–Trinajstić information content (AvgIpc) is 3.01. The molecule has 0 saturated heterocycles. The molecular formula is C24H22N2O5. The molecule has 1 aromatic heterocycles. The van der Waals surface area contributed by atoms with Crippen LogP contribution in [0.5, 0.6) is 11.5 Å². The van der Waals surface area contributed by atoms with Crippen LogP contribution in [0.2, 0.25) is 0 Å². The number of aromatic nitrogens is 1. The second-order valence-corrected chi connectivity index (χ2v) is 7.30. The molecular weight excluding hydrogens is 396 g/mol. The number of Topliss-reactive ketones (excluding diaryl/α,β-unsaturated/α-hetero) is 1. The number of methoxy groups -OCH3 is 2. The number of fused-ring (bicyclic) bond motifs is 1. The Kier molecular flexibility index (Phi) is 5.44. The van der Waals surface area contributed by atoms with Crippen molar-refractivity contribution in [3.63, 3.8) is 0 Å². The molecule has 0 bridgehead atoms. The molecule has 4 rings (SSSR count). The van der Waals surface area contributed by atoms with Crippen molar-refractivity contribution < 1.29 is 24.2 Å². The second-order valence-electron chi connectivity index (χ2n) is 7.30. The molecule has 31 heavy (non-hydrogen) atoms. The first-order valence-corrected chi connectivity index (χ1v) is 9.76. The van der Waals surface area contributed by atoms with Crippen molar-refractivity contribution >= 4 is 17.4 Å². The summed E-state index contributed by atoms with van der Waals surface area (Å²) < 4.78 is 10.6. The summed E-state index contributed by atoms with van der Waals surface area (Å²) in [4.78, 5) is 31.6. The van der Waals surface area contributed by atoms with Gasteiger partial charge in [-0.05, 0) is 35.9 Å². The SMILES string of the molecule is COc1ccc(CN2C(=O)C(O)(CC(=O)c3cccnc3)c3ccccc32)cc1OC. The smallest absolute Gasteiger partial charge is 0.264 e. The van der Waals surface area contributed by atoms with Gasteiger partial charge in [-0.3, -0.25) is 14.6 Å². The van der Waals surface area contributed by atoms with Gasteiger partial charge in [-0.1, -0.05) is 24.3 Å². The third kappa shape index (κ3) is 3.64. The Hall–Kier alpha value is -3.71. The van der Waals surface area contributed by atoms with Crippen molar-refractivity contribution in [2.75, 3.05) is 19.1 Å². The maximum Gasteiger partial charge on any atom is 0.264 e. The highest BCUT2D eigenvalue weighted by Crippen LogP contribution is 2.43. The van der Waals surface area contributed by atoms with Crippen molar-refractivity contribution in [1.29, 1.82) is 0 Å². The third-order valence-electron chi connectivity index (χ3n) is 5.43. The van der Waals surface area contributed by atoms with Gasteiger partial charge in [0.1, 0.15) is 0 Å². The van der Waals surface area contributed by atoms with Crippen LogP contribution in [0.25, 0.3) is 0 Å². The lowest BCUT2D eigenvalue weighted by molar-refractivity contribution is -0.136. The Morgan fingerprint density at radius 3 is 2.55 bits per heavy atom. The summed E-state index contributed by atoms with van der Waals surface area (Å²) in [6, 6.07) is 15.6. The monoisotopic (exact) mass is 418 g/mol. The number of anilines is 1. The number of rotatable bonds is 7. The minimum Gasteiger partial charge on any atom is -0.493 e. The van der Waals surface area contributed by atoms with Crippen molar-refractivity contribution in [3.05, 3.63) is 83.7 Å². The van der Waals surface area contributed by atoms with E-state index in [1.54, 1.807) is 68.9 Å². The molecule has 2 heterocycles. The number of ketones is 1. The number of pyridine rings is 1. The molecule has 1 unspecified atom stereocenters. The van der Waals surface area contributed by atoms with Gasteiger partial charge in [-0.2, -0.15) is 0 Å². The lowest BCUT2D eigenvalue weighted by Crippen LogP contribution is -2.41. The normalized spacial score (nSPS) is 17.4. The van der Waals surface area contributed by atoms with E-state index in [-0.39, 0.29) is 18.7 Å². The highest BCUT2D eigenvalue weighted by molar-refractivity contribution is 6.10. The number of aliphatic hydroxyl groups is 1. The zero-order chi connectivity index (χ0) is 22.0. The van der Waals surface area contributed by atoms with Gasteiger partial charge in [0.25, 0.3) is 5.91 Å². The molecule has 0 spiro atoms. The van der Waals surface area contributed by atoms with Gasteiger partial charge in [0, 0.05) is 23.5 Å². The number of amides is 1. The predicted molar refractivity (Wildman–Crippen MR) is 114 cm³/mol. The number of carbonyl (C=O) groups is 2. The quantitative estimate of drug-likeness (QED) is 0.593. The Morgan fingerprint density at radius 1 is 1.06 bits per heavy atom. The van der Waals surface area contributed by atoms with Crippen LogP contribution in [0.1, 0.15) is 27.9 Å². The lowest BCUT2D eigenvalue weighted by atomic mass is 9.88. The van der Waals surface area contributed by atoms with Crippen LogP contribution in [0.4, 0.5) is 5.69 Å². The van der Waals surface area contributed by atoms with Crippen molar-refractivity contribution in [3.8, 4) is 11.5 Å². The minimum absolute atomic E-state index is 0.208. The van der Waals surface area contributed by atoms with Crippen molar-refractivity contribution in [2.24, 2.45) is 0 Å². The molecule has 1 amide bonds. The first-order valence-electron chi connectivity index (χ1n) is 9.76. The zero-order valence-electron chi connectivity index (χ0n) is 17.2. The zero-order valence-corrected chi connectivity index (χ0v) is 17.2. The predicted octanol–water partition coefficient (Wildman–Crippen LogP) is 3.11. The van der Waals surface area contributed by atoms with Crippen molar-refractivity contribution in [2.45, 2.75) is 18.6 Å². The van der Waals surface area contributed by atoms with E-state index in [9.17, 15) is 14.7 Å². The molecule has 3 aromatic rings. The Bertz CT molecular complexity index is 1130. The fourth-order valence-corrected chi connectivity index (χ4v) is 3.86. The lowest BCUT2D eigenvalue weighted by Gasteiger charge is -2.23. The Labute approximate surface area is 179 Å². The van der Waals surface area contributed by atoms with Gasteiger partial charge >= 0.3 is 0 Å². The van der Waals surface area contributed by atoms with Crippen LogP contribution in [0, 0.1) is 0 Å². The van der Waals surface area contributed by atoms with Crippen LogP contribution in [-0.2, 0) is 16.9 Å². The second kappa shape index (κ2) is 8.20. The number of para-hydroxylation sites is 1. The van der Waals surface area contributed by atoms with Crippen LogP contribution in [-0.4, -0.2) is 36.0 Å². The number of hydrogen-bond donors (Lipinski definition) is 1. The third-order valence-corrected chi connectivity index (χ3v) is 5.43. The topological polar surface area (TPSA) is 89.0 Å². The van der Waals surface area contributed by atoms with Gasteiger partial charge in [-0.25, -0.2) is 0 Å². The van der Waals surface area contributed by atoms with E-state index < -0.39 is 11.5 Å². The molecule has 0 fully saturated rings. The van der Waals surface area contributed by atoms with E-state index in [1.165, 1.54) is 11.1 Å². The fraction of sp³-hybridized carbons (Fsp3) is 0.208. The summed E-state index contributed by atoms with van der Waals surface area (Å²) in [7, 11) is 3.10. The van der Waals surface area contributed by atoms with E-state index >= 15 is 0 Å². The van der Waals surface area contributed by atoms with Gasteiger partial charge in [-0.15, -0.1) is 0 Å². The highest BCUT2D eigenvalue weighted by atomic mass is 16.5. The largest absolute Gasteiger partial charge is 0.493 e. The molecule has 0 saturated carbocycles. The number of ether oxygens (including phenoxy) is 2. The standard InChI is InChI=1S/C24H22N2O5/c1-30-21-10-9-16(12-22(21)31-2)15-26-19-8-4-3-7-18(19)24(29,23(26)28)13-20(27)17-6-5-11-25-14-17/h3-12,14,29H,13,15H2,1-2H3. The molecule has 0 aliphatic carbocycles. The summed E-state index contributed by atoms with van der Waals surface area (Å²) in [5, 5.41) is 11.4. The molecule has 1 aliphatic rings. The molecule has 2 aromatic carbocycles. The Morgan fingerprint density at radius 2 is 1.84 bits per heavy atom. The highest BCUT2D eigenvalue weighted by Gasteiger charge is 2.50. The first kappa shape index (κ1) is 20.6. The van der Waals surface area contributed by atoms with E-state index in [0.29, 0.717) is 28.3 Å². The number of hydrogen-bond acceptors (Lipinski definition) is 6. The van der Waals surface area contributed by atoms with Crippen LogP contribution in [0.3, 0.4) is 0 Å². The molecule has 7 nitrogen and oxygen atoms in total. The average molecular weight is 418 g/mol. The van der Waals surface area contributed by atoms with E-state index in [0.717, 1.165) is 5.56 Å². The van der Waals surface area contributed by atoms with Crippen LogP contribution in [0.15, 0.2) is 67.0 Å². The molecule has 158 valence electrons. The summed E-state index contributed by atoms with van der Waals surface area (Å²) >= 11 is 0. The molecule has 0 radical (unpaired) electrons. The molecule has 7 heteroatoms. The number of nitrogens with zero attached hydrogens (tertiary/aromatic N) is 2.